The van der Waals surface area contributed by atoms with Gasteiger partial charge in [-0.3, -0.25) is 9.59 Å². The number of anilines is 1. The number of likely N-dealkylation sites (tertiary alicyclic amines) is 1. The first-order valence-electron chi connectivity index (χ1n) is 14.0. The standard InChI is InChI=1S/C32H38Cl2N4O3/c1-24-6-5-7-25(20-24)14-18-36(2)32(40)23-38(22-31(39)35-15-19-37-16-3-4-17-37)29-21-27(34)10-13-30(29)41-28-11-8-26(33)9-12-28/h5-13,20-21H,3-4,14-19,22-23H2,1-2H3,(H,35,39). The Kier molecular flexibility index (Phi) is 11.3. The summed E-state index contributed by atoms with van der Waals surface area (Å²) >= 11 is 12.5. The summed E-state index contributed by atoms with van der Waals surface area (Å²) < 4.78 is 6.17. The SMILES string of the molecule is Cc1cccc(CCN(C)C(=O)CN(CC(=O)NCCN2CCCC2)c2cc(Cl)ccc2Oc2ccc(Cl)cc2)c1. The number of benzene rings is 3. The number of likely N-dealkylation sites (N-methyl/N-ethyl adjacent to an activating group) is 1. The van der Waals surface area contributed by atoms with Crippen molar-refractivity contribution in [1.82, 2.24) is 15.1 Å². The van der Waals surface area contributed by atoms with Crippen LogP contribution >= 0.6 is 23.2 Å². The monoisotopic (exact) mass is 596 g/mol. The zero-order valence-electron chi connectivity index (χ0n) is 23.7. The third kappa shape index (κ3) is 9.66. The molecule has 9 heteroatoms. The van der Waals surface area contributed by atoms with Crippen molar-refractivity contribution >= 4 is 40.7 Å². The molecule has 3 aromatic rings. The molecular weight excluding hydrogens is 559 g/mol. The molecule has 1 fully saturated rings. The number of carbonyl (C=O) groups excluding carboxylic acids is 2. The van der Waals surface area contributed by atoms with Crippen LogP contribution in [0.2, 0.25) is 10.0 Å². The molecule has 1 heterocycles. The van der Waals surface area contributed by atoms with Crippen molar-refractivity contribution in [3.63, 3.8) is 0 Å². The highest BCUT2D eigenvalue weighted by molar-refractivity contribution is 6.31. The number of nitrogens with zero attached hydrogens (tertiary/aromatic N) is 3. The van der Waals surface area contributed by atoms with Gasteiger partial charge in [0.1, 0.15) is 5.75 Å². The van der Waals surface area contributed by atoms with E-state index in [9.17, 15) is 9.59 Å². The summed E-state index contributed by atoms with van der Waals surface area (Å²) in [6.45, 7) is 6.09. The molecule has 0 unspecified atom stereocenters. The van der Waals surface area contributed by atoms with E-state index in [1.807, 2.05) is 6.07 Å². The van der Waals surface area contributed by atoms with Crippen LogP contribution in [-0.4, -0.2) is 74.5 Å². The van der Waals surface area contributed by atoms with Crippen molar-refractivity contribution in [2.75, 3.05) is 57.8 Å². The average Bonchev–Trinajstić information content (AvgIpc) is 3.47. The lowest BCUT2D eigenvalue weighted by Gasteiger charge is -2.28. The Bertz CT molecular complexity index is 1310. The fourth-order valence-electron chi connectivity index (χ4n) is 4.84. The highest BCUT2D eigenvalue weighted by Gasteiger charge is 2.22. The second kappa shape index (κ2) is 15.1. The van der Waals surface area contributed by atoms with Crippen LogP contribution in [0.4, 0.5) is 5.69 Å². The average molecular weight is 598 g/mol. The van der Waals surface area contributed by atoms with Crippen molar-refractivity contribution in [1.29, 1.82) is 0 Å². The van der Waals surface area contributed by atoms with Gasteiger partial charge in [-0.1, -0.05) is 53.0 Å². The second-order valence-corrected chi connectivity index (χ2v) is 11.4. The molecule has 218 valence electrons. The Morgan fingerprint density at radius 3 is 2.41 bits per heavy atom. The minimum atomic E-state index is -0.170. The number of carbonyl (C=O) groups is 2. The predicted octanol–water partition coefficient (Wildman–Crippen LogP) is 5.81. The molecule has 4 rings (SSSR count). The van der Waals surface area contributed by atoms with Crippen LogP contribution in [0.15, 0.2) is 66.7 Å². The van der Waals surface area contributed by atoms with E-state index < -0.39 is 0 Å². The fourth-order valence-corrected chi connectivity index (χ4v) is 5.13. The van der Waals surface area contributed by atoms with E-state index in [-0.39, 0.29) is 24.9 Å². The van der Waals surface area contributed by atoms with Crippen LogP contribution in [0.1, 0.15) is 24.0 Å². The van der Waals surface area contributed by atoms with Gasteiger partial charge in [0, 0.05) is 36.7 Å². The van der Waals surface area contributed by atoms with Crippen molar-refractivity contribution in [2.45, 2.75) is 26.2 Å². The lowest BCUT2D eigenvalue weighted by molar-refractivity contribution is -0.128. The zero-order valence-corrected chi connectivity index (χ0v) is 25.3. The summed E-state index contributed by atoms with van der Waals surface area (Å²) in [6.07, 6.45) is 3.14. The lowest BCUT2D eigenvalue weighted by Crippen LogP contribution is -2.45. The molecular formula is C32H38Cl2N4O3. The molecule has 0 aliphatic carbocycles. The van der Waals surface area contributed by atoms with Crippen molar-refractivity contribution in [2.24, 2.45) is 0 Å². The van der Waals surface area contributed by atoms with E-state index in [2.05, 4.69) is 35.3 Å². The summed E-state index contributed by atoms with van der Waals surface area (Å²) in [4.78, 5) is 32.3. The molecule has 1 aliphatic rings. The molecule has 1 N–H and O–H groups in total. The van der Waals surface area contributed by atoms with Crippen molar-refractivity contribution < 1.29 is 14.3 Å². The van der Waals surface area contributed by atoms with Gasteiger partial charge in [-0.05, 0) is 87.3 Å². The van der Waals surface area contributed by atoms with Crippen LogP contribution in [0.5, 0.6) is 11.5 Å². The summed E-state index contributed by atoms with van der Waals surface area (Å²) in [7, 11) is 1.79. The first kappa shape index (κ1) is 30.7. The molecule has 0 bridgehead atoms. The molecule has 0 spiro atoms. The van der Waals surface area contributed by atoms with Crippen LogP contribution in [0.25, 0.3) is 0 Å². The van der Waals surface area contributed by atoms with Crippen molar-refractivity contribution in [3.8, 4) is 11.5 Å². The molecule has 3 aromatic carbocycles. The third-order valence-corrected chi connectivity index (χ3v) is 7.64. The van der Waals surface area contributed by atoms with Gasteiger partial charge in [-0.2, -0.15) is 0 Å². The van der Waals surface area contributed by atoms with E-state index in [0.29, 0.717) is 40.3 Å². The van der Waals surface area contributed by atoms with Gasteiger partial charge in [-0.25, -0.2) is 0 Å². The molecule has 7 nitrogen and oxygen atoms in total. The van der Waals surface area contributed by atoms with Crippen LogP contribution in [-0.2, 0) is 16.0 Å². The highest BCUT2D eigenvalue weighted by atomic mass is 35.5. The quantitative estimate of drug-likeness (QED) is 0.269. The minimum absolute atomic E-state index is 0.0127. The maximum atomic E-state index is 13.4. The van der Waals surface area contributed by atoms with Gasteiger partial charge in [0.25, 0.3) is 0 Å². The van der Waals surface area contributed by atoms with Crippen LogP contribution < -0.4 is 15.0 Å². The maximum Gasteiger partial charge on any atom is 0.241 e. The number of hydrogen-bond acceptors (Lipinski definition) is 5. The Morgan fingerprint density at radius 2 is 1.68 bits per heavy atom. The Labute approximate surface area is 253 Å². The number of aryl methyl sites for hydroxylation is 1. The summed E-state index contributed by atoms with van der Waals surface area (Å²) in [5.74, 6) is 0.781. The van der Waals surface area contributed by atoms with E-state index in [0.717, 1.165) is 26.1 Å². The Balaban J connectivity index is 1.49. The molecule has 0 radical (unpaired) electrons. The van der Waals surface area contributed by atoms with Crippen LogP contribution in [0.3, 0.4) is 0 Å². The number of amides is 2. The van der Waals surface area contributed by atoms with Gasteiger partial charge in [0.2, 0.25) is 11.8 Å². The first-order chi connectivity index (χ1) is 19.8. The van der Waals surface area contributed by atoms with Crippen LogP contribution in [0, 0.1) is 6.92 Å². The van der Waals surface area contributed by atoms with Gasteiger partial charge in [0.15, 0.2) is 5.75 Å². The number of ether oxygens (including phenoxy) is 1. The molecule has 0 saturated carbocycles. The highest BCUT2D eigenvalue weighted by Crippen LogP contribution is 2.35. The van der Waals surface area contributed by atoms with Gasteiger partial charge < -0.3 is 24.8 Å². The summed E-state index contributed by atoms with van der Waals surface area (Å²) in [5.41, 5.74) is 2.92. The fraction of sp³-hybridized carbons (Fsp3) is 0.375. The number of halogens is 2. The molecule has 0 atom stereocenters. The van der Waals surface area contributed by atoms with Gasteiger partial charge in [-0.15, -0.1) is 0 Å². The largest absolute Gasteiger partial charge is 0.455 e. The number of nitrogens with one attached hydrogen (secondary N) is 1. The number of rotatable bonds is 13. The minimum Gasteiger partial charge on any atom is -0.455 e. The predicted molar refractivity (Wildman–Crippen MR) is 166 cm³/mol. The van der Waals surface area contributed by atoms with Gasteiger partial charge in [0.05, 0.1) is 18.8 Å². The molecule has 1 aliphatic heterocycles. The molecule has 2 amide bonds. The number of hydrogen-bond donors (Lipinski definition) is 1. The third-order valence-electron chi connectivity index (χ3n) is 7.16. The molecule has 1 saturated heterocycles. The van der Waals surface area contributed by atoms with E-state index >= 15 is 0 Å². The lowest BCUT2D eigenvalue weighted by atomic mass is 10.1. The Morgan fingerprint density at radius 1 is 0.951 bits per heavy atom. The molecule has 41 heavy (non-hydrogen) atoms. The Hall–Kier alpha value is -3.26. The summed E-state index contributed by atoms with van der Waals surface area (Å²) in [6, 6.07) is 20.5. The smallest absolute Gasteiger partial charge is 0.241 e. The topological polar surface area (TPSA) is 65.1 Å². The molecule has 0 aromatic heterocycles. The summed E-state index contributed by atoms with van der Waals surface area (Å²) in [5, 5.41) is 4.09. The first-order valence-corrected chi connectivity index (χ1v) is 14.8. The maximum absolute atomic E-state index is 13.4. The van der Waals surface area contributed by atoms with E-state index in [1.54, 1.807) is 59.3 Å². The van der Waals surface area contributed by atoms with Gasteiger partial charge >= 0.3 is 0 Å². The zero-order chi connectivity index (χ0) is 29.2. The van der Waals surface area contributed by atoms with E-state index in [4.69, 9.17) is 27.9 Å². The normalized spacial score (nSPS) is 13.2. The van der Waals surface area contributed by atoms with E-state index in [1.165, 1.54) is 24.0 Å². The van der Waals surface area contributed by atoms with Crippen molar-refractivity contribution in [3.05, 3.63) is 87.9 Å². The second-order valence-electron chi connectivity index (χ2n) is 10.5.